The maximum absolute atomic E-state index is 13.4. The molecule has 0 aliphatic heterocycles. The molecular weight excluding hydrogens is 673 g/mol. The summed E-state index contributed by atoms with van der Waals surface area (Å²) >= 11 is 0. The van der Waals surface area contributed by atoms with Crippen molar-refractivity contribution in [3.05, 3.63) is 149 Å². The van der Waals surface area contributed by atoms with Crippen molar-refractivity contribution in [1.82, 2.24) is 15.0 Å². The number of benzene rings is 5. The standard InChI is InChI=1S/C40H33F3N4O5/c1-25-5-9-28(10-6-25)29-13-15-31(16-14-29)38-45-37(46-52-38)30-11-7-26(8-12-30)23-47(24-36(49)50)39(51)32-17-19-34(20-18-32)44-35(48)22-27-3-2-4-33(21-27)40(41,42)43/h2-21,36,49-50H,22-24H2,1H3,(H,44,48). The summed E-state index contributed by atoms with van der Waals surface area (Å²) in [5, 5.41) is 26.2. The number of carbonyl (C=O) groups is 2. The van der Waals surface area contributed by atoms with Crippen molar-refractivity contribution in [2.45, 2.75) is 32.4 Å². The normalized spacial score (nSPS) is 11.4. The first-order valence-electron chi connectivity index (χ1n) is 16.2. The van der Waals surface area contributed by atoms with Crippen LogP contribution in [0, 0.1) is 6.92 Å². The van der Waals surface area contributed by atoms with Crippen LogP contribution in [0.1, 0.15) is 32.6 Å². The third-order valence-electron chi connectivity index (χ3n) is 8.23. The molecule has 264 valence electrons. The average Bonchev–Trinajstić information content (AvgIpc) is 3.62. The van der Waals surface area contributed by atoms with Gasteiger partial charge in [0.25, 0.3) is 11.8 Å². The van der Waals surface area contributed by atoms with E-state index in [9.17, 15) is 33.0 Å². The van der Waals surface area contributed by atoms with E-state index in [2.05, 4.69) is 39.7 Å². The fourth-order valence-corrected chi connectivity index (χ4v) is 5.53. The molecule has 0 saturated carbocycles. The minimum atomic E-state index is -4.52. The first-order valence-corrected chi connectivity index (χ1v) is 16.2. The molecule has 1 aromatic heterocycles. The molecule has 3 N–H and O–H groups in total. The highest BCUT2D eigenvalue weighted by Gasteiger charge is 2.30. The van der Waals surface area contributed by atoms with Crippen LogP contribution in [0.25, 0.3) is 34.0 Å². The van der Waals surface area contributed by atoms with Crippen molar-refractivity contribution in [2.75, 3.05) is 11.9 Å². The van der Waals surface area contributed by atoms with Crippen molar-refractivity contribution in [2.24, 2.45) is 0 Å². The minimum absolute atomic E-state index is 0.0526. The van der Waals surface area contributed by atoms with Gasteiger partial charge in [-0.3, -0.25) is 9.59 Å². The lowest BCUT2D eigenvalue weighted by atomic mass is 10.0. The van der Waals surface area contributed by atoms with E-state index < -0.39 is 29.8 Å². The van der Waals surface area contributed by atoms with Gasteiger partial charge >= 0.3 is 6.18 Å². The van der Waals surface area contributed by atoms with Gasteiger partial charge in [-0.25, -0.2) is 0 Å². The molecule has 5 aromatic carbocycles. The van der Waals surface area contributed by atoms with Crippen LogP contribution in [0.15, 0.2) is 126 Å². The van der Waals surface area contributed by atoms with Crippen LogP contribution in [0.4, 0.5) is 18.9 Å². The van der Waals surface area contributed by atoms with Crippen LogP contribution in [0.2, 0.25) is 0 Å². The van der Waals surface area contributed by atoms with E-state index in [1.165, 1.54) is 46.9 Å². The summed E-state index contributed by atoms with van der Waals surface area (Å²) in [7, 11) is 0. The Labute approximate surface area is 297 Å². The number of alkyl halides is 3. The molecule has 0 spiro atoms. The van der Waals surface area contributed by atoms with Crippen molar-refractivity contribution < 1.29 is 37.5 Å². The van der Waals surface area contributed by atoms with Crippen molar-refractivity contribution in [3.8, 4) is 34.0 Å². The molecule has 0 aliphatic carbocycles. The number of aryl methyl sites for hydroxylation is 1. The van der Waals surface area contributed by atoms with Gasteiger partial charge in [0, 0.05) is 28.9 Å². The molecule has 6 aromatic rings. The summed E-state index contributed by atoms with van der Waals surface area (Å²) in [4.78, 5) is 31.7. The number of amides is 2. The predicted octanol–water partition coefficient (Wildman–Crippen LogP) is 7.53. The maximum Gasteiger partial charge on any atom is 0.416 e. The smallest absolute Gasteiger partial charge is 0.367 e. The van der Waals surface area contributed by atoms with Gasteiger partial charge < -0.3 is 25.0 Å². The quantitative estimate of drug-likeness (QED) is 0.119. The van der Waals surface area contributed by atoms with Crippen LogP contribution in [-0.2, 0) is 23.9 Å². The van der Waals surface area contributed by atoms with Crippen LogP contribution in [-0.4, -0.2) is 49.9 Å². The Hall–Kier alpha value is -6.11. The van der Waals surface area contributed by atoms with Crippen LogP contribution < -0.4 is 5.32 Å². The van der Waals surface area contributed by atoms with Crippen molar-refractivity contribution in [1.29, 1.82) is 0 Å². The molecule has 6 rings (SSSR count). The molecule has 0 atom stereocenters. The number of hydrogen-bond acceptors (Lipinski definition) is 7. The zero-order valence-electron chi connectivity index (χ0n) is 27.8. The number of rotatable bonds is 11. The van der Waals surface area contributed by atoms with Gasteiger partial charge in [-0.2, -0.15) is 18.2 Å². The van der Waals surface area contributed by atoms with E-state index in [1.807, 2.05) is 31.2 Å². The Morgan fingerprint density at radius 3 is 2.04 bits per heavy atom. The molecule has 52 heavy (non-hydrogen) atoms. The highest BCUT2D eigenvalue weighted by Crippen LogP contribution is 2.30. The molecule has 0 fully saturated rings. The second-order valence-electron chi connectivity index (χ2n) is 12.2. The van der Waals surface area contributed by atoms with Crippen LogP contribution in [0.5, 0.6) is 0 Å². The molecule has 0 saturated heterocycles. The first-order chi connectivity index (χ1) is 24.9. The molecule has 0 unspecified atom stereocenters. The van der Waals surface area contributed by atoms with E-state index in [4.69, 9.17) is 4.52 Å². The molecule has 0 aliphatic rings. The Morgan fingerprint density at radius 1 is 0.788 bits per heavy atom. The van der Waals surface area contributed by atoms with Gasteiger partial charge in [0.1, 0.15) is 0 Å². The number of nitrogens with zero attached hydrogens (tertiary/aromatic N) is 3. The number of nitrogens with one attached hydrogen (secondary N) is 1. The summed E-state index contributed by atoms with van der Waals surface area (Å²) in [6.07, 6.45) is -6.58. The van der Waals surface area contributed by atoms with Gasteiger partial charge in [-0.05, 0) is 71.6 Å². The highest BCUT2D eigenvalue weighted by molar-refractivity contribution is 5.96. The van der Waals surface area contributed by atoms with Gasteiger partial charge in [0.2, 0.25) is 11.7 Å². The summed E-state index contributed by atoms with van der Waals surface area (Å²) in [5.74, 6) is -0.277. The average molecular weight is 707 g/mol. The number of halogens is 3. The molecule has 1 heterocycles. The summed E-state index contributed by atoms with van der Waals surface area (Å²) < 4.78 is 44.6. The third kappa shape index (κ3) is 8.97. The minimum Gasteiger partial charge on any atom is -0.367 e. The molecule has 0 bridgehead atoms. The van der Waals surface area contributed by atoms with Gasteiger partial charge in [-0.15, -0.1) is 0 Å². The molecule has 2 amide bonds. The molecular formula is C40H33F3N4O5. The Morgan fingerprint density at radius 2 is 1.40 bits per heavy atom. The van der Waals surface area contributed by atoms with Crippen LogP contribution >= 0.6 is 0 Å². The summed E-state index contributed by atoms with van der Waals surface area (Å²) in [6.45, 7) is 1.73. The molecule has 9 nitrogen and oxygen atoms in total. The second kappa shape index (κ2) is 15.4. The predicted molar refractivity (Wildman–Crippen MR) is 189 cm³/mol. The SMILES string of the molecule is Cc1ccc(-c2ccc(-c3nc(-c4ccc(CN(CC(O)O)C(=O)c5ccc(NC(=O)Cc6cccc(C(F)(F)F)c6)cc5)cc4)no3)cc2)cc1. The lowest BCUT2D eigenvalue weighted by molar-refractivity contribution is -0.137. The van der Waals surface area contributed by atoms with E-state index in [0.717, 1.165) is 28.8 Å². The lowest BCUT2D eigenvalue weighted by Gasteiger charge is -2.24. The number of aromatic nitrogens is 2. The van der Waals surface area contributed by atoms with Gasteiger partial charge in [0.15, 0.2) is 6.29 Å². The highest BCUT2D eigenvalue weighted by atomic mass is 19.4. The second-order valence-corrected chi connectivity index (χ2v) is 12.2. The molecule has 0 radical (unpaired) electrons. The van der Waals surface area contributed by atoms with Crippen molar-refractivity contribution in [3.63, 3.8) is 0 Å². The van der Waals surface area contributed by atoms with Gasteiger partial charge in [-0.1, -0.05) is 89.6 Å². The van der Waals surface area contributed by atoms with Gasteiger partial charge in [0.05, 0.1) is 18.5 Å². The third-order valence-corrected chi connectivity index (χ3v) is 8.23. The fourth-order valence-electron chi connectivity index (χ4n) is 5.53. The van der Waals surface area contributed by atoms with Crippen LogP contribution in [0.3, 0.4) is 0 Å². The monoisotopic (exact) mass is 706 g/mol. The van der Waals surface area contributed by atoms with E-state index in [-0.39, 0.29) is 30.6 Å². The lowest BCUT2D eigenvalue weighted by Crippen LogP contribution is -2.37. The maximum atomic E-state index is 13.4. The number of hydrogen-bond donors (Lipinski definition) is 3. The number of anilines is 1. The fraction of sp³-hybridized carbons (Fsp3) is 0.150. The number of carbonyl (C=O) groups excluding carboxylic acids is 2. The van der Waals surface area contributed by atoms with Crippen molar-refractivity contribution >= 4 is 17.5 Å². The Balaban J connectivity index is 1.08. The van der Waals surface area contributed by atoms with E-state index in [0.29, 0.717) is 28.5 Å². The summed E-state index contributed by atoms with van der Waals surface area (Å²) in [5.41, 5.74) is 5.43. The zero-order chi connectivity index (χ0) is 36.8. The zero-order valence-corrected chi connectivity index (χ0v) is 27.8. The van der Waals surface area contributed by atoms with E-state index in [1.54, 1.807) is 24.3 Å². The number of aliphatic hydroxyl groups is 2. The topological polar surface area (TPSA) is 129 Å². The number of aliphatic hydroxyl groups excluding tert-OH is 1. The Kier molecular flexibility index (Phi) is 10.6. The van der Waals surface area contributed by atoms with E-state index >= 15 is 0 Å². The molecule has 12 heteroatoms. The first kappa shape index (κ1) is 35.7. The Bertz CT molecular complexity index is 2150. The largest absolute Gasteiger partial charge is 0.416 e. The summed E-state index contributed by atoms with van der Waals surface area (Å²) in [6, 6.07) is 33.6.